The van der Waals surface area contributed by atoms with E-state index < -0.39 is 17.8 Å². The van der Waals surface area contributed by atoms with E-state index >= 15 is 0 Å². The number of ether oxygens (including phenoxy) is 1. The standard InChI is InChI=1S/C31H48FN7O2.C4H4O4/c1-8-36(7)15-10-11-26(22(3)4)38-19-31(20-38)14-16-37(18-31)28-29(35-34-21-33-28)41-27-13-12-24(32)17-25(27)30(40)39(9-2)23(5)6;5-3(6)1-2-4(7)8/h12-13,17,21-23,26H,8-11,14-16,18-20H2,1-7H3;1-2H,(H,5,6)(H,7,8)/b;2-1+/t26-;/m0./s1. The van der Waals surface area contributed by atoms with E-state index in [4.69, 9.17) is 14.9 Å². The highest BCUT2D eigenvalue weighted by Gasteiger charge is 2.50. The largest absolute Gasteiger partial charge is 0.478 e. The van der Waals surface area contributed by atoms with Gasteiger partial charge in [0.05, 0.1) is 5.56 Å². The smallest absolute Gasteiger partial charge is 0.328 e. The Bertz CT molecular complexity index is 1430. The molecule has 1 aromatic heterocycles. The highest BCUT2D eigenvalue weighted by atomic mass is 19.1. The van der Waals surface area contributed by atoms with Crippen molar-refractivity contribution in [1.82, 2.24) is 29.9 Å². The summed E-state index contributed by atoms with van der Waals surface area (Å²) in [5, 5.41) is 23.8. The van der Waals surface area contributed by atoms with Gasteiger partial charge >= 0.3 is 11.9 Å². The van der Waals surface area contributed by atoms with Crippen LogP contribution in [0.15, 0.2) is 36.7 Å². The summed E-state index contributed by atoms with van der Waals surface area (Å²) >= 11 is 0. The number of benzene rings is 1. The van der Waals surface area contributed by atoms with Gasteiger partial charge in [-0.2, -0.15) is 0 Å². The first-order valence-electron chi connectivity index (χ1n) is 17.0. The maximum absolute atomic E-state index is 14.2. The molecule has 4 rings (SSSR count). The number of carbonyl (C=O) groups is 3. The van der Waals surface area contributed by atoms with Crippen LogP contribution in [0.5, 0.6) is 11.6 Å². The Kier molecular flexibility index (Phi) is 14.4. The van der Waals surface area contributed by atoms with Gasteiger partial charge in [-0.25, -0.2) is 19.0 Å². The molecule has 0 aliphatic carbocycles. The number of carboxylic acids is 2. The molecule has 49 heavy (non-hydrogen) atoms. The van der Waals surface area contributed by atoms with E-state index in [2.05, 4.69) is 57.7 Å². The Morgan fingerprint density at radius 2 is 1.73 bits per heavy atom. The molecular formula is C35H52FN7O6. The fraction of sp³-hybridized carbons (Fsp3) is 0.600. The van der Waals surface area contributed by atoms with Crippen molar-refractivity contribution in [2.75, 3.05) is 57.8 Å². The number of hydrogen-bond donors (Lipinski definition) is 2. The predicted molar refractivity (Wildman–Crippen MR) is 184 cm³/mol. The first-order chi connectivity index (χ1) is 23.2. The Labute approximate surface area is 288 Å². The lowest BCUT2D eigenvalue weighted by Gasteiger charge is -2.53. The average molecular weight is 686 g/mol. The third-order valence-corrected chi connectivity index (χ3v) is 9.18. The molecule has 2 N–H and O–H groups in total. The van der Waals surface area contributed by atoms with Crippen molar-refractivity contribution in [3.05, 3.63) is 48.1 Å². The Balaban J connectivity index is 0.000000723. The predicted octanol–water partition coefficient (Wildman–Crippen LogP) is 4.65. The van der Waals surface area contributed by atoms with Gasteiger partial charge in [-0.1, -0.05) is 20.8 Å². The molecule has 270 valence electrons. The molecule has 13 nitrogen and oxygen atoms in total. The molecule has 1 atom stereocenters. The highest BCUT2D eigenvalue weighted by molar-refractivity contribution is 5.97. The van der Waals surface area contributed by atoms with Crippen LogP contribution in [0.1, 0.15) is 71.2 Å². The van der Waals surface area contributed by atoms with Crippen LogP contribution in [0.3, 0.4) is 0 Å². The van der Waals surface area contributed by atoms with E-state index in [1.165, 1.54) is 37.4 Å². The zero-order valence-electron chi connectivity index (χ0n) is 29.8. The quantitative estimate of drug-likeness (QED) is 0.251. The van der Waals surface area contributed by atoms with Gasteiger partial charge < -0.3 is 29.6 Å². The van der Waals surface area contributed by atoms with Crippen LogP contribution in [0.2, 0.25) is 0 Å². The second-order valence-electron chi connectivity index (χ2n) is 13.5. The summed E-state index contributed by atoms with van der Waals surface area (Å²) in [7, 11) is 2.19. The van der Waals surface area contributed by atoms with Gasteiger partial charge in [0.25, 0.3) is 11.8 Å². The first kappa shape index (κ1) is 39.3. The molecule has 0 saturated carbocycles. The van der Waals surface area contributed by atoms with E-state index in [-0.39, 0.29) is 34.6 Å². The number of anilines is 1. The van der Waals surface area contributed by atoms with E-state index in [1.54, 1.807) is 4.90 Å². The van der Waals surface area contributed by atoms with Crippen LogP contribution >= 0.6 is 0 Å². The number of carbonyl (C=O) groups excluding carboxylic acids is 1. The van der Waals surface area contributed by atoms with Gasteiger partial charge in [-0.3, -0.25) is 9.69 Å². The fourth-order valence-electron chi connectivity index (χ4n) is 6.53. The van der Waals surface area contributed by atoms with E-state index in [1.807, 2.05) is 20.8 Å². The number of amides is 1. The minimum Gasteiger partial charge on any atom is -0.478 e. The number of rotatable bonds is 15. The first-order valence-corrected chi connectivity index (χ1v) is 17.0. The minimum absolute atomic E-state index is 0.0341. The number of halogens is 1. The lowest BCUT2D eigenvalue weighted by atomic mass is 9.76. The summed E-state index contributed by atoms with van der Waals surface area (Å²) in [5.41, 5.74) is 0.389. The van der Waals surface area contributed by atoms with Crippen LogP contribution in [0.4, 0.5) is 10.2 Å². The summed E-state index contributed by atoms with van der Waals surface area (Å²) < 4.78 is 20.4. The third-order valence-electron chi connectivity index (χ3n) is 9.18. The number of likely N-dealkylation sites (tertiary alicyclic amines) is 1. The molecule has 1 amide bonds. The Hall–Kier alpha value is -4.17. The van der Waals surface area contributed by atoms with Crippen LogP contribution in [0, 0.1) is 17.2 Å². The average Bonchev–Trinajstić information content (AvgIpc) is 3.48. The molecule has 1 spiro atoms. The normalized spacial score (nSPS) is 16.2. The van der Waals surface area contributed by atoms with Crippen molar-refractivity contribution >= 4 is 23.7 Å². The number of nitrogens with zero attached hydrogens (tertiary/aromatic N) is 7. The lowest BCUT2D eigenvalue weighted by Crippen LogP contribution is -2.62. The molecule has 3 heterocycles. The maximum atomic E-state index is 14.2. The second-order valence-corrected chi connectivity index (χ2v) is 13.5. The van der Waals surface area contributed by atoms with E-state index in [0.717, 1.165) is 45.7 Å². The number of aliphatic carboxylic acids is 2. The van der Waals surface area contributed by atoms with Crippen molar-refractivity contribution in [3.63, 3.8) is 0 Å². The molecule has 2 fully saturated rings. The number of aromatic nitrogens is 3. The lowest BCUT2D eigenvalue weighted by molar-refractivity contribution is -0.134. The SMILES string of the molecule is CCN(C)CCC[C@@H](C(C)C)N1CC2(CCN(c3ncnnc3Oc3ccc(F)cc3C(=O)N(CC)C(C)C)C2)C1.O=C(O)/C=C/C(=O)O. The van der Waals surface area contributed by atoms with Crippen LogP contribution in [0.25, 0.3) is 0 Å². The Morgan fingerprint density at radius 1 is 1.06 bits per heavy atom. The fourth-order valence-corrected chi connectivity index (χ4v) is 6.53. The van der Waals surface area contributed by atoms with Crippen molar-refractivity contribution in [1.29, 1.82) is 0 Å². The van der Waals surface area contributed by atoms with E-state index in [0.29, 0.717) is 36.5 Å². The van der Waals surface area contributed by atoms with Crippen LogP contribution in [-0.4, -0.2) is 123 Å². The summed E-state index contributed by atoms with van der Waals surface area (Å²) in [6.45, 7) is 19.3. The second kappa shape index (κ2) is 18.0. The molecule has 1 aromatic carbocycles. The third kappa shape index (κ3) is 10.9. The topological polar surface area (TPSA) is 153 Å². The number of carboxylic acid groups (broad SMARTS) is 2. The van der Waals surface area contributed by atoms with Crippen molar-refractivity contribution in [3.8, 4) is 11.6 Å². The minimum atomic E-state index is -1.26. The van der Waals surface area contributed by atoms with Gasteiger partial charge in [0.2, 0.25) is 0 Å². The van der Waals surface area contributed by atoms with Crippen molar-refractivity contribution in [2.24, 2.45) is 11.3 Å². The zero-order valence-corrected chi connectivity index (χ0v) is 29.8. The van der Waals surface area contributed by atoms with E-state index in [9.17, 15) is 18.8 Å². The van der Waals surface area contributed by atoms with Crippen molar-refractivity contribution < 1.29 is 33.7 Å². The van der Waals surface area contributed by atoms with Gasteiger partial charge in [-0.05, 0) is 84.3 Å². The summed E-state index contributed by atoms with van der Waals surface area (Å²) in [5.74, 6) is -1.59. The summed E-state index contributed by atoms with van der Waals surface area (Å²) in [6, 6.07) is 4.57. The monoisotopic (exact) mass is 685 g/mol. The maximum Gasteiger partial charge on any atom is 0.328 e. The summed E-state index contributed by atoms with van der Waals surface area (Å²) in [6.07, 6.45) is 6.07. The van der Waals surface area contributed by atoms with Gasteiger partial charge in [0, 0.05) is 62.4 Å². The molecule has 0 bridgehead atoms. The molecule has 0 unspecified atom stereocenters. The van der Waals surface area contributed by atoms with Gasteiger partial charge in [0.15, 0.2) is 5.82 Å². The molecular weight excluding hydrogens is 633 g/mol. The van der Waals surface area contributed by atoms with Crippen LogP contribution in [-0.2, 0) is 9.59 Å². The molecule has 14 heteroatoms. The van der Waals surface area contributed by atoms with Crippen LogP contribution < -0.4 is 9.64 Å². The van der Waals surface area contributed by atoms with Gasteiger partial charge in [0.1, 0.15) is 17.9 Å². The summed E-state index contributed by atoms with van der Waals surface area (Å²) in [4.78, 5) is 45.9. The number of hydrogen-bond acceptors (Lipinski definition) is 10. The van der Waals surface area contributed by atoms with Crippen molar-refractivity contribution in [2.45, 2.75) is 72.9 Å². The highest BCUT2D eigenvalue weighted by Crippen LogP contribution is 2.44. The molecule has 2 saturated heterocycles. The molecule has 2 aliphatic rings. The molecule has 2 aromatic rings. The molecule has 0 radical (unpaired) electrons. The molecule has 2 aliphatic heterocycles. The zero-order chi connectivity index (χ0) is 36.3. The Morgan fingerprint density at radius 3 is 2.31 bits per heavy atom. The van der Waals surface area contributed by atoms with Gasteiger partial charge in [-0.15, -0.1) is 10.2 Å².